The summed E-state index contributed by atoms with van der Waals surface area (Å²) in [7, 11) is 0. The molecule has 0 spiro atoms. The highest BCUT2D eigenvalue weighted by molar-refractivity contribution is 5.05. The second-order valence-corrected chi connectivity index (χ2v) is 1.44. The minimum Gasteiger partial charge on any atom is -0.206 e. The highest BCUT2D eigenvalue weighted by Crippen LogP contribution is 2.05. The van der Waals surface area contributed by atoms with E-state index in [0.717, 1.165) is 6.33 Å². The average Bonchev–Trinajstić information content (AvgIpc) is 2.34. The van der Waals surface area contributed by atoms with Gasteiger partial charge in [0.05, 0.1) is 0 Å². The Kier molecular flexibility index (Phi) is 1.58. The fourth-order valence-electron chi connectivity index (χ4n) is 0.420. The number of aromatic nitrogens is 3. The molecule has 0 saturated carbocycles. The largest absolute Gasteiger partial charge is 0.334 e. The number of nitrogens with zero attached hydrogens (tertiary/aromatic N) is 4. The van der Waals surface area contributed by atoms with Crippen LogP contribution in [0.15, 0.2) is 6.33 Å². The zero-order valence-corrected chi connectivity index (χ0v) is 4.70. The van der Waals surface area contributed by atoms with Crippen LogP contribution in [0.3, 0.4) is 0 Å². The lowest BCUT2D eigenvalue weighted by molar-refractivity contribution is 0.0561. The second-order valence-electron chi connectivity index (χ2n) is 1.44. The molecule has 0 fully saturated rings. The maximum Gasteiger partial charge on any atom is 0.334 e. The van der Waals surface area contributed by atoms with Gasteiger partial charge in [-0.25, -0.2) is 4.98 Å². The van der Waals surface area contributed by atoms with Crippen LogP contribution in [-0.4, -0.2) is 14.8 Å². The highest BCUT2D eigenvalue weighted by Gasteiger charge is 2.06. The van der Waals surface area contributed by atoms with Crippen LogP contribution in [0.1, 0.15) is 12.4 Å². The zero-order valence-electron chi connectivity index (χ0n) is 4.70. The number of halogens is 2. The number of alkyl halides is 2. The first-order valence-corrected chi connectivity index (χ1v) is 2.33. The third-order valence-corrected chi connectivity index (χ3v) is 0.808. The highest BCUT2D eigenvalue weighted by atomic mass is 19.3. The lowest BCUT2D eigenvalue weighted by Gasteiger charge is -1.92. The normalized spacial score (nSPS) is 9.80. The fraction of sp³-hybridized carbons (Fsp3) is 0.250. The van der Waals surface area contributed by atoms with E-state index in [9.17, 15) is 8.78 Å². The van der Waals surface area contributed by atoms with E-state index in [-0.39, 0.29) is 5.82 Å². The van der Waals surface area contributed by atoms with Crippen molar-refractivity contribution < 1.29 is 8.78 Å². The molecule has 0 amide bonds. The SMILES string of the molecule is N#Cc1ncn(C(F)F)n1. The van der Waals surface area contributed by atoms with Gasteiger partial charge in [0, 0.05) is 0 Å². The van der Waals surface area contributed by atoms with Crippen molar-refractivity contribution in [2.75, 3.05) is 0 Å². The maximum atomic E-state index is 11.7. The van der Waals surface area contributed by atoms with Crippen LogP contribution in [0.2, 0.25) is 0 Å². The molecule has 0 aliphatic heterocycles. The van der Waals surface area contributed by atoms with Crippen LogP contribution in [0.4, 0.5) is 8.78 Å². The van der Waals surface area contributed by atoms with Crippen LogP contribution in [-0.2, 0) is 0 Å². The van der Waals surface area contributed by atoms with Crippen molar-refractivity contribution in [1.29, 1.82) is 5.26 Å². The first-order valence-electron chi connectivity index (χ1n) is 2.33. The molecule has 4 nitrogen and oxygen atoms in total. The molecule has 0 saturated heterocycles. The Labute approximate surface area is 54.7 Å². The Morgan fingerprint density at radius 3 is 2.70 bits per heavy atom. The van der Waals surface area contributed by atoms with Gasteiger partial charge in [-0.05, 0) is 0 Å². The Morgan fingerprint density at radius 1 is 1.70 bits per heavy atom. The molecule has 1 aromatic rings. The van der Waals surface area contributed by atoms with E-state index in [1.165, 1.54) is 6.07 Å². The van der Waals surface area contributed by atoms with Crippen LogP contribution in [0, 0.1) is 11.3 Å². The molecular formula is C4H2F2N4. The first kappa shape index (κ1) is 6.61. The van der Waals surface area contributed by atoms with Crippen LogP contribution in [0.5, 0.6) is 0 Å². The molecule has 1 aromatic heterocycles. The summed E-state index contributed by atoms with van der Waals surface area (Å²) in [5, 5.41) is 11.2. The van der Waals surface area contributed by atoms with Crippen molar-refractivity contribution in [3.63, 3.8) is 0 Å². The van der Waals surface area contributed by atoms with E-state index >= 15 is 0 Å². The summed E-state index contributed by atoms with van der Waals surface area (Å²) in [6, 6.07) is 1.53. The van der Waals surface area contributed by atoms with Gasteiger partial charge in [0.1, 0.15) is 12.4 Å². The van der Waals surface area contributed by atoms with E-state index in [2.05, 4.69) is 10.1 Å². The zero-order chi connectivity index (χ0) is 7.56. The van der Waals surface area contributed by atoms with Crippen molar-refractivity contribution in [3.8, 4) is 6.07 Å². The van der Waals surface area contributed by atoms with Crippen molar-refractivity contribution in [2.24, 2.45) is 0 Å². The quantitative estimate of drug-likeness (QED) is 0.578. The second kappa shape index (κ2) is 2.39. The van der Waals surface area contributed by atoms with Gasteiger partial charge in [-0.1, -0.05) is 0 Å². The van der Waals surface area contributed by atoms with Crippen LogP contribution >= 0.6 is 0 Å². The van der Waals surface area contributed by atoms with Gasteiger partial charge in [-0.15, -0.1) is 5.10 Å². The number of nitriles is 1. The molecule has 1 heterocycles. The minimum absolute atomic E-state index is 0.250. The molecule has 52 valence electrons. The average molecular weight is 144 g/mol. The molecule has 0 N–H and O–H groups in total. The minimum atomic E-state index is -2.73. The topological polar surface area (TPSA) is 54.5 Å². The lowest BCUT2D eigenvalue weighted by Crippen LogP contribution is -1.97. The molecule has 0 atom stereocenters. The van der Waals surface area contributed by atoms with E-state index < -0.39 is 6.55 Å². The smallest absolute Gasteiger partial charge is 0.206 e. The molecule has 0 bridgehead atoms. The number of hydrogen-bond acceptors (Lipinski definition) is 3. The van der Waals surface area contributed by atoms with Gasteiger partial charge in [-0.2, -0.15) is 18.7 Å². The molecule has 0 aromatic carbocycles. The molecular weight excluding hydrogens is 142 g/mol. The monoisotopic (exact) mass is 144 g/mol. The Bertz CT molecular complexity index is 260. The third kappa shape index (κ3) is 1.07. The summed E-state index contributed by atoms with van der Waals surface area (Å²) in [6.45, 7) is -2.73. The van der Waals surface area contributed by atoms with Gasteiger partial charge in [0.25, 0.3) is 5.82 Å². The summed E-state index contributed by atoms with van der Waals surface area (Å²) in [5.74, 6) is -0.250. The standard InChI is InChI=1S/C4H2F2N4/c5-4(6)10-2-8-3(1-7)9-10/h2,4H. The first-order chi connectivity index (χ1) is 4.74. The lowest BCUT2D eigenvalue weighted by atomic mass is 10.7. The fourth-order valence-corrected chi connectivity index (χ4v) is 0.420. The van der Waals surface area contributed by atoms with Gasteiger partial charge in [0.2, 0.25) is 0 Å². The number of rotatable bonds is 1. The van der Waals surface area contributed by atoms with Gasteiger partial charge >= 0.3 is 6.55 Å². The van der Waals surface area contributed by atoms with E-state index in [0.29, 0.717) is 4.68 Å². The summed E-state index contributed by atoms with van der Waals surface area (Å²) < 4.78 is 23.7. The molecule has 1 rings (SSSR count). The van der Waals surface area contributed by atoms with Crippen LogP contribution in [0.25, 0.3) is 0 Å². The molecule has 0 radical (unpaired) electrons. The maximum absolute atomic E-state index is 11.7. The Hall–Kier alpha value is -1.51. The summed E-state index contributed by atoms with van der Waals surface area (Å²) in [5.41, 5.74) is 0. The van der Waals surface area contributed by atoms with Gasteiger partial charge in [0.15, 0.2) is 0 Å². The molecule has 0 aliphatic carbocycles. The Morgan fingerprint density at radius 2 is 2.40 bits per heavy atom. The van der Waals surface area contributed by atoms with Crippen LogP contribution < -0.4 is 0 Å². The summed E-state index contributed by atoms with van der Waals surface area (Å²) >= 11 is 0. The molecule has 0 unspecified atom stereocenters. The van der Waals surface area contributed by atoms with Crippen molar-refractivity contribution in [2.45, 2.75) is 6.55 Å². The van der Waals surface area contributed by atoms with Crippen molar-refractivity contribution in [3.05, 3.63) is 12.2 Å². The predicted molar refractivity (Wildman–Crippen MR) is 26.0 cm³/mol. The van der Waals surface area contributed by atoms with E-state index in [4.69, 9.17) is 5.26 Å². The predicted octanol–water partition coefficient (Wildman–Crippen LogP) is 0.545. The van der Waals surface area contributed by atoms with Gasteiger partial charge in [-0.3, -0.25) is 0 Å². The van der Waals surface area contributed by atoms with Crippen molar-refractivity contribution >= 4 is 0 Å². The summed E-state index contributed by atoms with van der Waals surface area (Å²) in [4.78, 5) is 3.27. The third-order valence-electron chi connectivity index (χ3n) is 0.808. The molecule has 6 heteroatoms. The van der Waals surface area contributed by atoms with E-state index in [1.807, 2.05) is 0 Å². The Balaban J connectivity index is 2.91. The van der Waals surface area contributed by atoms with Gasteiger partial charge < -0.3 is 0 Å². The molecule has 0 aliphatic rings. The van der Waals surface area contributed by atoms with Crippen molar-refractivity contribution in [1.82, 2.24) is 14.8 Å². The van der Waals surface area contributed by atoms with E-state index in [1.54, 1.807) is 0 Å². The molecule has 10 heavy (non-hydrogen) atoms. The number of hydrogen-bond donors (Lipinski definition) is 0. The summed E-state index contributed by atoms with van der Waals surface area (Å²) in [6.07, 6.45) is 0.809.